The zero-order valence-corrected chi connectivity index (χ0v) is 12.6. The molecule has 1 aromatic rings. The lowest BCUT2D eigenvalue weighted by atomic mass is 10.2. The molecule has 0 bridgehead atoms. The van der Waals surface area contributed by atoms with Crippen LogP contribution >= 0.6 is 0 Å². The van der Waals surface area contributed by atoms with Crippen LogP contribution in [-0.2, 0) is 10.0 Å². The number of nitro groups is 1. The average molecular weight is 323 g/mol. The molecular formula is C13H13N3O5S. The van der Waals surface area contributed by atoms with Gasteiger partial charge in [-0.1, -0.05) is 0 Å². The summed E-state index contributed by atoms with van der Waals surface area (Å²) >= 11 is 0. The van der Waals surface area contributed by atoms with Crippen LogP contribution in [0.5, 0.6) is 0 Å². The van der Waals surface area contributed by atoms with Crippen molar-refractivity contribution in [3.63, 3.8) is 0 Å². The monoisotopic (exact) mass is 323 g/mol. The van der Waals surface area contributed by atoms with Crippen LogP contribution in [-0.4, -0.2) is 23.7 Å². The molecule has 0 saturated carbocycles. The Morgan fingerprint density at radius 3 is 2.32 bits per heavy atom. The number of non-ortho nitro benzene ring substituents is 1. The van der Waals surface area contributed by atoms with E-state index in [-0.39, 0.29) is 11.3 Å². The average Bonchev–Trinajstić information content (AvgIpc) is 2.42. The van der Waals surface area contributed by atoms with Crippen LogP contribution in [0.4, 0.5) is 5.69 Å². The molecule has 0 unspecified atom stereocenters. The van der Waals surface area contributed by atoms with Crippen molar-refractivity contribution in [1.82, 2.24) is 9.84 Å². The van der Waals surface area contributed by atoms with E-state index in [0.29, 0.717) is 11.3 Å². The number of benzene rings is 1. The Hall–Kier alpha value is -2.68. The fraction of sp³-hybridized carbons (Fsp3) is 0.154. The van der Waals surface area contributed by atoms with Gasteiger partial charge in [-0.25, -0.2) is 5.43 Å². The van der Waals surface area contributed by atoms with E-state index in [4.69, 9.17) is 0 Å². The number of hydrazine groups is 1. The molecular weight excluding hydrogens is 310 g/mol. The van der Waals surface area contributed by atoms with Crippen molar-refractivity contribution < 1.29 is 18.1 Å². The predicted octanol–water partition coefficient (Wildman–Crippen LogP) is 1.69. The Labute approximate surface area is 126 Å². The molecule has 0 radical (unpaired) electrons. The van der Waals surface area contributed by atoms with Gasteiger partial charge in [-0.15, -0.1) is 0 Å². The molecule has 1 heterocycles. The zero-order valence-electron chi connectivity index (χ0n) is 11.8. The van der Waals surface area contributed by atoms with Gasteiger partial charge in [-0.05, 0) is 37.6 Å². The van der Waals surface area contributed by atoms with E-state index in [1.807, 2.05) is 0 Å². The second-order valence-corrected chi connectivity index (χ2v) is 6.33. The first-order chi connectivity index (χ1) is 10.2. The van der Waals surface area contributed by atoms with E-state index < -0.39 is 20.9 Å². The zero-order chi connectivity index (χ0) is 16.5. The van der Waals surface area contributed by atoms with Crippen LogP contribution in [0.3, 0.4) is 0 Å². The van der Waals surface area contributed by atoms with Gasteiger partial charge in [0.2, 0.25) is 0 Å². The number of allylic oxidation sites excluding steroid dienone is 3. The fourth-order valence-electron chi connectivity index (χ4n) is 1.95. The van der Waals surface area contributed by atoms with E-state index in [1.165, 1.54) is 24.3 Å². The van der Waals surface area contributed by atoms with Crippen molar-refractivity contribution in [1.29, 1.82) is 0 Å². The van der Waals surface area contributed by atoms with Crippen LogP contribution in [0.25, 0.3) is 0 Å². The molecule has 1 aliphatic rings. The maximum Gasteiger partial charge on any atom is 0.274 e. The van der Waals surface area contributed by atoms with Gasteiger partial charge in [0.05, 0.1) is 10.3 Å². The number of nitro benzene ring substituents is 1. The van der Waals surface area contributed by atoms with Crippen LogP contribution in [0, 0.1) is 10.1 Å². The van der Waals surface area contributed by atoms with Gasteiger partial charge in [-0.2, -0.15) is 12.8 Å². The highest BCUT2D eigenvalue weighted by molar-refractivity contribution is 7.92. The van der Waals surface area contributed by atoms with Crippen molar-refractivity contribution in [2.45, 2.75) is 13.8 Å². The Kier molecular flexibility index (Phi) is 4.00. The number of hydrogen-bond acceptors (Lipinski definition) is 5. The second-order valence-electron chi connectivity index (χ2n) is 4.70. The van der Waals surface area contributed by atoms with Gasteiger partial charge in [0.25, 0.3) is 21.6 Å². The predicted molar refractivity (Wildman–Crippen MR) is 78.8 cm³/mol. The molecule has 0 saturated heterocycles. The third-order valence-corrected chi connectivity index (χ3v) is 4.45. The molecule has 8 nitrogen and oxygen atoms in total. The summed E-state index contributed by atoms with van der Waals surface area (Å²) in [5, 5.41) is 11.6. The minimum absolute atomic E-state index is 0.111. The summed E-state index contributed by atoms with van der Waals surface area (Å²) in [5.74, 6) is -0.681. The van der Waals surface area contributed by atoms with Gasteiger partial charge in [0.15, 0.2) is 0 Å². The summed E-state index contributed by atoms with van der Waals surface area (Å²) in [6.45, 7) is 3.18. The van der Waals surface area contributed by atoms with E-state index in [0.717, 1.165) is 9.82 Å². The summed E-state index contributed by atoms with van der Waals surface area (Å²) < 4.78 is 24.8. The molecule has 1 aromatic carbocycles. The molecule has 0 fully saturated rings. The minimum Gasteiger partial charge on any atom is -0.267 e. The van der Waals surface area contributed by atoms with E-state index in [1.54, 1.807) is 19.9 Å². The fourth-order valence-corrected chi connectivity index (χ4v) is 3.26. The number of nitrogens with one attached hydrogen (secondary N) is 1. The van der Waals surface area contributed by atoms with Crippen LogP contribution < -0.4 is 5.43 Å². The van der Waals surface area contributed by atoms with E-state index in [2.05, 4.69) is 5.43 Å². The van der Waals surface area contributed by atoms with Crippen molar-refractivity contribution in [2.24, 2.45) is 0 Å². The maximum atomic E-state index is 12.1. The number of carbonyl (C=O) groups is 1. The Balaban J connectivity index is 2.22. The topological polar surface area (TPSA) is 110 Å². The first-order valence-electron chi connectivity index (χ1n) is 6.18. The summed E-state index contributed by atoms with van der Waals surface area (Å²) in [7, 11) is -3.78. The summed E-state index contributed by atoms with van der Waals surface area (Å²) in [6.07, 6.45) is 1.61. The lowest BCUT2D eigenvalue weighted by Gasteiger charge is -2.26. The quantitative estimate of drug-likeness (QED) is 0.672. The van der Waals surface area contributed by atoms with Gasteiger partial charge in [0.1, 0.15) is 0 Å². The standard InChI is InChI=1S/C13H13N3O5S/c1-9-7-10(2)15(22(20,21)8-9)14-13(17)11-3-5-12(6-4-11)16(18)19/h3-8H,1-2H3,(H,14,17). The molecule has 1 aliphatic heterocycles. The number of hydrogen-bond donors (Lipinski definition) is 1. The summed E-state index contributed by atoms with van der Waals surface area (Å²) in [4.78, 5) is 22.0. The molecule has 0 aliphatic carbocycles. The third-order valence-electron chi connectivity index (χ3n) is 2.89. The molecule has 1 N–H and O–H groups in total. The lowest BCUT2D eigenvalue weighted by Crippen LogP contribution is -2.45. The Morgan fingerprint density at radius 2 is 1.82 bits per heavy atom. The summed E-state index contributed by atoms with van der Waals surface area (Å²) in [6, 6.07) is 4.85. The first kappa shape index (κ1) is 15.7. The lowest BCUT2D eigenvalue weighted by molar-refractivity contribution is -0.384. The molecule has 116 valence electrons. The van der Waals surface area contributed by atoms with Crippen molar-refractivity contribution in [3.05, 3.63) is 62.7 Å². The summed E-state index contributed by atoms with van der Waals surface area (Å²) in [5.41, 5.74) is 3.12. The number of nitrogens with zero attached hydrogens (tertiary/aromatic N) is 2. The molecule has 9 heteroatoms. The number of carbonyl (C=O) groups excluding carboxylic acids is 1. The van der Waals surface area contributed by atoms with E-state index >= 15 is 0 Å². The molecule has 0 spiro atoms. The van der Waals surface area contributed by atoms with Crippen molar-refractivity contribution >= 4 is 21.6 Å². The molecule has 2 rings (SSSR count). The van der Waals surface area contributed by atoms with Crippen LogP contribution in [0.2, 0.25) is 0 Å². The first-order valence-corrected chi connectivity index (χ1v) is 7.68. The van der Waals surface area contributed by atoms with Gasteiger partial charge < -0.3 is 0 Å². The number of rotatable bonds is 3. The van der Waals surface area contributed by atoms with Gasteiger partial charge in [-0.3, -0.25) is 14.9 Å². The van der Waals surface area contributed by atoms with Crippen molar-refractivity contribution in [2.75, 3.05) is 0 Å². The Morgan fingerprint density at radius 1 is 1.23 bits per heavy atom. The SMILES string of the molecule is CC1=CS(=O)(=O)N(NC(=O)c2ccc([N+](=O)[O-])cc2)C(C)=C1. The van der Waals surface area contributed by atoms with Gasteiger partial charge >= 0.3 is 0 Å². The highest BCUT2D eigenvalue weighted by atomic mass is 32.2. The largest absolute Gasteiger partial charge is 0.274 e. The van der Waals surface area contributed by atoms with Gasteiger partial charge in [0, 0.05) is 23.4 Å². The Bertz CT molecular complexity index is 793. The van der Waals surface area contributed by atoms with E-state index in [9.17, 15) is 23.3 Å². The number of sulfonamides is 1. The smallest absolute Gasteiger partial charge is 0.267 e. The molecule has 0 atom stereocenters. The second kappa shape index (κ2) is 5.60. The highest BCUT2D eigenvalue weighted by Gasteiger charge is 2.26. The molecule has 22 heavy (non-hydrogen) atoms. The third kappa shape index (κ3) is 3.14. The molecule has 0 aromatic heterocycles. The van der Waals surface area contributed by atoms with Crippen LogP contribution in [0.1, 0.15) is 24.2 Å². The highest BCUT2D eigenvalue weighted by Crippen LogP contribution is 2.20. The molecule has 1 amide bonds. The normalized spacial score (nSPS) is 16.5. The van der Waals surface area contributed by atoms with Crippen LogP contribution in [0.15, 0.2) is 47.0 Å². The number of amides is 1. The minimum atomic E-state index is -3.78. The van der Waals surface area contributed by atoms with Crippen molar-refractivity contribution in [3.8, 4) is 0 Å². The maximum absolute atomic E-state index is 12.1.